The molecule has 2 N–H and O–H groups in total. The van der Waals surface area contributed by atoms with Crippen molar-refractivity contribution < 1.29 is 13.5 Å². The van der Waals surface area contributed by atoms with Crippen molar-refractivity contribution in [3.8, 4) is 5.75 Å². The lowest BCUT2D eigenvalue weighted by molar-refractivity contribution is 0.416. The normalized spacial score (nSPS) is 14.8. The van der Waals surface area contributed by atoms with Crippen molar-refractivity contribution in [1.82, 2.24) is 0 Å². The maximum atomic E-state index is 14.2. The highest BCUT2D eigenvalue weighted by molar-refractivity contribution is 9.10. The van der Waals surface area contributed by atoms with Crippen LogP contribution in [0.5, 0.6) is 5.75 Å². The molecule has 7 heteroatoms. The Labute approximate surface area is 147 Å². The van der Waals surface area contributed by atoms with Gasteiger partial charge in [-0.25, -0.2) is 8.78 Å². The lowest BCUT2D eigenvalue weighted by Gasteiger charge is -2.37. The van der Waals surface area contributed by atoms with Gasteiger partial charge in [0, 0.05) is 42.8 Å². The summed E-state index contributed by atoms with van der Waals surface area (Å²) in [6.45, 7) is 2.37. The van der Waals surface area contributed by atoms with Crippen LogP contribution in [-0.2, 0) is 0 Å². The minimum absolute atomic E-state index is 0.266. The van der Waals surface area contributed by atoms with Gasteiger partial charge >= 0.3 is 0 Å². The molecule has 0 saturated carbocycles. The van der Waals surface area contributed by atoms with Gasteiger partial charge in [-0.3, -0.25) is 0 Å². The van der Waals surface area contributed by atoms with E-state index in [9.17, 15) is 8.78 Å². The Morgan fingerprint density at radius 2 is 1.54 bits per heavy atom. The Balaban J connectivity index is 1.75. The fourth-order valence-corrected chi connectivity index (χ4v) is 3.24. The highest BCUT2D eigenvalue weighted by Crippen LogP contribution is 2.32. The minimum Gasteiger partial charge on any atom is -0.495 e. The molecule has 0 atom stereocenters. The molecule has 0 radical (unpaired) electrons. The van der Waals surface area contributed by atoms with E-state index in [1.165, 1.54) is 19.2 Å². The number of nitrogens with zero attached hydrogens (tertiary/aromatic N) is 2. The van der Waals surface area contributed by atoms with Crippen LogP contribution in [0.2, 0.25) is 0 Å². The summed E-state index contributed by atoms with van der Waals surface area (Å²) in [5, 5.41) is 0. The molecule has 0 amide bonds. The average molecular weight is 398 g/mol. The smallest absolute Gasteiger partial charge is 0.148 e. The van der Waals surface area contributed by atoms with Crippen molar-refractivity contribution in [2.75, 3.05) is 48.8 Å². The van der Waals surface area contributed by atoms with Crippen molar-refractivity contribution in [1.29, 1.82) is 0 Å². The van der Waals surface area contributed by atoms with E-state index in [4.69, 9.17) is 10.5 Å². The van der Waals surface area contributed by atoms with Gasteiger partial charge in [0.15, 0.2) is 0 Å². The quantitative estimate of drug-likeness (QED) is 0.802. The first-order valence-corrected chi connectivity index (χ1v) is 8.37. The Bertz CT molecular complexity index is 749. The maximum Gasteiger partial charge on any atom is 0.148 e. The highest BCUT2D eigenvalue weighted by atomic mass is 79.9. The Morgan fingerprint density at radius 1 is 0.958 bits per heavy atom. The standard InChI is InChI=1S/C17H18BrF2N3O/c1-24-17-10-16(13(20)9-14(17)21)23-6-4-22(5-7-23)15-3-2-11(18)8-12(15)19/h2-3,8-10H,4-7,21H2,1H3. The lowest BCUT2D eigenvalue weighted by Crippen LogP contribution is -2.47. The molecule has 0 aliphatic carbocycles. The summed E-state index contributed by atoms with van der Waals surface area (Å²) < 4.78 is 34.2. The van der Waals surface area contributed by atoms with E-state index in [0.717, 1.165) is 0 Å². The van der Waals surface area contributed by atoms with E-state index in [2.05, 4.69) is 15.9 Å². The molecule has 3 rings (SSSR count). The molecular formula is C17H18BrF2N3O. The first-order valence-electron chi connectivity index (χ1n) is 7.57. The number of halogens is 3. The van der Waals surface area contributed by atoms with Gasteiger partial charge in [-0.15, -0.1) is 0 Å². The topological polar surface area (TPSA) is 41.7 Å². The van der Waals surface area contributed by atoms with Crippen molar-refractivity contribution >= 4 is 33.0 Å². The minimum atomic E-state index is -0.378. The zero-order valence-electron chi connectivity index (χ0n) is 13.2. The van der Waals surface area contributed by atoms with Crippen LogP contribution < -0.4 is 20.3 Å². The van der Waals surface area contributed by atoms with Crippen LogP contribution in [0, 0.1) is 11.6 Å². The number of benzene rings is 2. The first kappa shape index (κ1) is 16.8. The van der Waals surface area contributed by atoms with Gasteiger partial charge in [0.25, 0.3) is 0 Å². The lowest BCUT2D eigenvalue weighted by atomic mass is 10.2. The summed E-state index contributed by atoms with van der Waals surface area (Å²) in [6.07, 6.45) is 0. The van der Waals surface area contributed by atoms with Gasteiger partial charge in [-0.05, 0) is 18.2 Å². The summed E-state index contributed by atoms with van der Waals surface area (Å²) in [7, 11) is 1.50. The monoisotopic (exact) mass is 397 g/mol. The predicted octanol–water partition coefficient (Wildman–Crippen LogP) is 3.64. The number of methoxy groups -OCH3 is 1. The summed E-state index contributed by atoms with van der Waals surface area (Å²) in [5.74, 6) is -0.192. The average Bonchev–Trinajstić information content (AvgIpc) is 2.55. The van der Waals surface area contributed by atoms with Gasteiger partial charge in [0.05, 0.1) is 24.2 Å². The number of rotatable bonds is 3. The number of hydrogen-bond donors (Lipinski definition) is 1. The SMILES string of the molecule is COc1cc(N2CCN(c3ccc(Br)cc3F)CC2)c(F)cc1N. The Kier molecular flexibility index (Phi) is 4.80. The molecule has 2 aromatic rings. The van der Waals surface area contributed by atoms with E-state index in [0.29, 0.717) is 47.8 Å². The van der Waals surface area contributed by atoms with Crippen LogP contribution in [0.1, 0.15) is 0 Å². The summed E-state index contributed by atoms with van der Waals surface area (Å²) in [4.78, 5) is 3.88. The largest absolute Gasteiger partial charge is 0.495 e. The third-order valence-corrected chi connectivity index (χ3v) is 4.66. The number of piperazine rings is 1. The van der Waals surface area contributed by atoms with Crippen molar-refractivity contribution in [3.63, 3.8) is 0 Å². The number of hydrogen-bond acceptors (Lipinski definition) is 4. The van der Waals surface area contributed by atoms with E-state index in [1.807, 2.05) is 15.9 Å². The van der Waals surface area contributed by atoms with Crippen molar-refractivity contribution in [2.24, 2.45) is 0 Å². The maximum absolute atomic E-state index is 14.2. The van der Waals surface area contributed by atoms with Crippen molar-refractivity contribution in [3.05, 3.63) is 46.4 Å². The Hall–Kier alpha value is -2.02. The van der Waals surface area contributed by atoms with Gasteiger partial charge in [0.1, 0.15) is 17.4 Å². The van der Waals surface area contributed by atoms with Crippen molar-refractivity contribution in [2.45, 2.75) is 0 Å². The van der Waals surface area contributed by atoms with Gasteiger partial charge in [-0.2, -0.15) is 0 Å². The fraction of sp³-hybridized carbons (Fsp3) is 0.294. The molecule has 1 saturated heterocycles. The molecule has 2 aromatic carbocycles. The number of nitrogens with two attached hydrogens (primary N) is 1. The van der Waals surface area contributed by atoms with E-state index in [-0.39, 0.29) is 17.3 Å². The summed E-state index contributed by atoms with van der Waals surface area (Å²) in [6, 6.07) is 7.90. The van der Waals surface area contributed by atoms with Crippen LogP contribution in [0.15, 0.2) is 34.8 Å². The Morgan fingerprint density at radius 3 is 2.12 bits per heavy atom. The number of anilines is 3. The second kappa shape index (κ2) is 6.84. The second-order valence-electron chi connectivity index (χ2n) is 5.62. The van der Waals surface area contributed by atoms with Crippen LogP contribution in [-0.4, -0.2) is 33.3 Å². The summed E-state index contributed by atoms with van der Waals surface area (Å²) >= 11 is 3.26. The molecule has 1 heterocycles. The summed E-state index contributed by atoms with van der Waals surface area (Å²) in [5.41, 5.74) is 7.01. The van der Waals surface area contributed by atoms with Crippen LogP contribution >= 0.6 is 15.9 Å². The molecule has 24 heavy (non-hydrogen) atoms. The molecule has 1 aliphatic heterocycles. The van der Waals surface area contributed by atoms with Crippen LogP contribution in [0.4, 0.5) is 25.8 Å². The van der Waals surface area contributed by atoms with Gasteiger partial charge in [-0.1, -0.05) is 15.9 Å². The van der Waals surface area contributed by atoms with Gasteiger partial charge < -0.3 is 20.3 Å². The first-order chi connectivity index (χ1) is 11.5. The predicted molar refractivity (Wildman–Crippen MR) is 95.9 cm³/mol. The van der Waals surface area contributed by atoms with E-state index < -0.39 is 0 Å². The molecule has 128 valence electrons. The third-order valence-electron chi connectivity index (χ3n) is 4.17. The zero-order chi connectivity index (χ0) is 17.3. The van der Waals surface area contributed by atoms with E-state index >= 15 is 0 Å². The molecule has 0 bridgehead atoms. The number of nitrogen functional groups attached to an aromatic ring is 1. The van der Waals surface area contributed by atoms with Gasteiger partial charge in [0.2, 0.25) is 0 Å². The molecule has 0 aromatic heterocycles. The van der Waals surface area contributed by atoms with Crippen LogP contribution in [0.3, 0.4) is 0 Å². The highest BCUT2D eigenvalue weighted by Gasteiger charge is 2.22. The molecule has 1 fully saturated rings. The molecular weight excluding hydrogens is 380 g/mol. The second-order valence-corrected chi connectivity index (χ2v) is 6.53. The third kappa shape index (κ3) is 3.26. The zero-order valence-corrected chi connectivity index (χ0v) is 14.8. The van der Waals surface area contributed by atoms with Crippen LogP contribution in [0.25, 0.3) is 0 Å². The number of ether oxygens (including phenoxy) is 1. The molecule has 0 spiro atoms. The molecule has 1 aliphatic rings. The molecule has 4 nitrogen and oxygen atoms in total. The van der Waals surface area contributed by atoms with E-state index in [1.54, 1.807) is 12.1 Å². The fourth-order valence-electron chi connectivity index (χ4n) is 2.90. The molecule has 0 unspecified atom stereocenters.